The molecule has 0 aliphatic carbocycles. The van der Waals surface area contributed by atoms with Gasteiger partial charge in [-0.2, -0.15) is 0 Å². The summed E-state index contributed by atoms with van der Waals surface area (Å²) in [5.74, 6) is 0. The molecular formula is C8H19O2PZn. The number of hydrogen-bond acceptors (Lipinski definition) is 1. The van der Waals surface area contributed by atoms with Gasteiger partial charge in [0.2, 0.25) is 0 Å². The van der Waals surface area contributed by atoms with Crippen LogP contribution in [-0.4, -0.2) is 4.89 Å². The van der Waals surface area contributed by atoms with Crippen molar-refractivity contribution in [2.75, 3.05) is 0 Å². The van der Waals surface area contributed by atoms with Crippen LogP contribution in [0.3, 0.4) is 0 Å². The minimum atomic E-state index is -0.833. The number of unbranched alkanes of at least 4 members (excludes halogenated alkanes) is 2. The van der Waals surface area contributed by atoms with E-state index in [9.17, 15) is 0 Å². The summed E-state index contributed by atoms with van der Waals surface area (Å²) in [5, 5.41) is 3.28. The molecule has 4 heteroatoms. The van der Waals surface area contributed by atoms with Crippen LogP contribution in [0.15, 0.2) is 0 Å². The molecule has 0 atom stereocenters. The third-order valence-electron chi connectivity index (χ3n) is 1.71. The van der Waals surface area contributed by atoms with Crippen molar-refractivity contribution >= 4 is 8.69 Å². The van der Waals surface area contributed by atoms with Gasteiger partial charge >= 0.3 is 75.4 Å². The zero-order valence-corrected chi connectivity index (χ0v) is 12.1. The Labute approximate surface area is 85.0 Å². The van der Waals surface area contributed by atoms with Crippen LogP contribution in [0.4, 0.5) is 0 Å². The second-order valence-electron chi connectivity index (χ2n) is 2.85. The molecule has 12 heavy (non-hydrogen) atoms. The molecule has 1 N–H and O–H groups in total. The van der Waals surface area contributed by atoms with Crippen LogP contribution in [0.5, 0.6) is 0 Å². The zero-order valence-electron chi connectivity index (χ0n) is 8.25. The van der Waals surface area contributed by atoms with Crippen LogP contribution in [0.25, 0.3) is 0 Å². The van der Waals surface area contributed by atoms with Crippen molar-refractivity contribution in [1.82, 2.24) is 0 Å². The fourth-order valence-corrected chi connectivity index (χ4v) is 5.35. The van der Waals surface area contributed by atoms with Gasteiger partial charge in [-0.25, -0.2) is 4.57 Å². The van der Waals surface area contributed by atoms with Gasteiger partial charge < -0.3 is 4.89 Å². The standard InChI is InChI=1S/2C4H9.HO2P.Zn/c2*1-3-4-2;1-3-2;/h2*1,3-4H2,2H3;(H,1,2);. The smallest absolute Gasteiger partial charge is 0.310 e. The Morgan fingerprint density at radius 3 is 1.75 bits per heavy atom. The molecule has 0 aliphatic heterocycles. The van der Waals surface area contributed by atoms with Gasteiger partial charge in [0.25, 0.3) is 0 Å². The second-order valence-corrected chi connectivity index (χ2v) is 7.46. The molecule has 0 unspecified atom stereocenters. The van der Waals surface area contributed by atoms with E-state index in [0.717, 1.165) is 0 Å². The van der Waals surface area contributed by atoms with Gasteiger partial charge in [0.05, 0.1) is 0 Å². The minimum absolute atomic E-state index is 0.0146. The monoisotopic (exact) mass is 242 g/mol. The van der Waals surface area contributed by atoms with Crippen LogP contribution in [0, 0.1) is 0 Å². The normalized spacial score (nSPS) is 8.58. The molecule has 0 saturated carbocycles. The van der Waals surface area contributed by atoms with Crippen molar-refractivity contribution in [3.8, 4) is 0 Å². The summed E-state index contributed by atoms with van der Waals surface area (Å²) in [6.45, 7) is 4.59. The van der Waals surface area contributed by atoms with E-state index in [1.165, 1.54) is 25.7 Å². The third-order valence-corrected chi connectivity index (χ3v) is 5.90. The molecule has 0 saturated heterocycles. The minimum Gasteiger partial charge on any atom is -0.310 e. The Morgan fingerprint density at radius 2 is 1.50 bits per heavy atom. The summed E-state index contributed by atoms with van der Waals surface area (Å²) in [6, 6.07) is 0. The van der Waals surface area contributed by atoms with E-state index in [-0.39, 0.29) is 17.1 Å². The first-order chi connectivity index (χ1) is 5.83. The van der Waals surface area contributed by atoms with Gasteiger partial charge in [-0.15, -0.1) is 0 Å². The van der Waals surface area contributed by atoms with Crippen LogP contribution >= 0.6 is 8.69 Å². The van der Waals surface area contributed by atoms with E-state index in [0.29, 0.717) is 0 Å². The second kappa shape index (κ2) is 17.7. The largest absolute Gasteiger partial charge is 0.324 e. The van der Waals surface area contributed by atoms with Gasteiger partial charge in [0, 0.05) is 0 Å². The molecule has 0 amide bonds. The van der Waals surface area contributed by atoms with E-state index in [4.69, 9.17) is 9.46 Å². The quantitative estimate of drug-likeness (QED) is 0.439. The van der Waals surface area contributed by atoms with E-state index in [2.05, 4.69) is 13.8 Å². The Kier molecular flexibility index (Phi) is 22.4. The van der Waals surface area contributed by atoms with Gasteiger partial charge in [-0.1, -0.05) is 0 Å². The van der Waals surface area contributed by atoms with Crippen molar-refractivity contribution in [2.45, 2.75) is 49.6 Å². The molecule has 0 rings (SSSR count). The molecule has 2 nitrogen and oxygen atoms in total. The van der Waals surface area contributed by atoms with Crippen LogP contribution < -0.4 is 0 Å². The predicted octanol–water partition coefficient (Wildman–Crippen LogP) is 3.69. The zero-order chi connectivity index (χ0) is 9.66. The maximum atomic E-state index is 8.46. The number of hydrogen-bond donors (Lipinski definition) is 1. The summed E-state index contributed by atoms with van der Waals surface area (Å²) in [5.41, 5.74) is 0. The van der Waals surface area contributed by atoms with Crippen LogP contribution in [-0.2, 0) is 21.7 Å². The van der Waals surface area contributed by atoms with Crippen LogP contribution in [0.2, 0.25) is 10.0 Å². The maximum Gasteiger partial charge on any atom is 0.324 e. The molecular weight excluding hydrogens is 224 g/mol. The molecule has 0 fully saturated rings. The summed E-state index contributed by atoms with van der Waals surface area (Å²) in [4.78, 5) is 6.99. The fraction of sp³-hybridized carbons (Fsp3) is 1.00. The van der Waals surface area contributed by atoms with Gasteiger partial charge in [-0.3, -0.25) is 0 Å². The summed E-state index contributed by atoms with van der Waals surface area (Å²) < 4.78 is 8.46. The molecule has 70 valence electrons. The fourth-order valence-electron chi connectivity index (χ4n) is 1.03. The van der Waals surface area contributed by atoms with Crippen molar-refractivity contribution < 1.29 is 26.6 Å². The molecule has 0 radical (unpaired) electrons. The SMILES string of the molecule is CCC[CH2][Zn][CH2]CCC.O=PO. The van der Waals surface area contributed by atoms with Gasteiger partial charge in [0.1, 0.15) is 0 Å². The molecule has 0 aromatic carbocycles. The summed E-state index contributed by atoms with van der Waals surface area (Å²) >= 11 is 0.0146. The number of rotatable bonds is 6. The molecule has 0 spiro atoms. The van der Waals surface area contributed by atoms with Gasteiger partial charge in [-0.05, 0) is 0 Å². The van der Waals surface area contributed by atoms with Crippen molar-refractivity contribution in [1.29, 1.82) is 0 Å². The molecule has 0 bridgehead atoms. The first-order valence-corrected chi connectivity index (χ1v) is 9.76. The average Bonchev–Trinajstić information content (AvgIpc) is 2.06. The Balaban J connectivity index is 0. The average molecular weight is 244 g/mol. The maximum absolute atomic E-state index is 8.46. The van der Waals surface area contributed by atoms with Crippen molar-refractivity contribution in [3.63, 3.8) is 0 Å². The first-order valence-electron chi connectivity index (χ1n) is 4.80. The van der Waals surface area contributed by atoms with E-state index < -0.39 is 8.69 Å². The van der Waals surface area contributed by atoms with Crippen LogP contribution in [0.1, 0.15) is 39.5 Å². The predicted molar refractivity (Wildman–Crippen MR) is 49.3 cm³/mol. The van der Waals surface area contributed by atoms with E-state index in [1.807, 2.05) is 0 Å². The Morgan fingerprint density at radius 1 is 1.17 bits per heavy atom. The van der Waals surface area contributed by atoms with Crippen molar-refractivity contribution in [3.05, 3.63) is 0 Å². The Hall–Kier alpha value is 0.683. The molecule has 0 aliphatic rings. The summed E-state index contributed by atoms with van der Waals surface area (Å²) in [6.07, 6.45) is 5.86. The molecule has 0 aromatic rings. The molecule has 0 aromatic heterocycles. The molecule has 0 heterocycles. The van der Waals surface area contributed by atoms with E-state index in [1.54, 1.807) is 10.0 Å². The Bertz CT molecular complexity index is 75.5. The third kappa shape index (κ3) is 22.4. The summed E-state index contributed by atoms with van der Waals surface area (Å²) in [7, 11) is -0.833. The van der Waals surface area contributed by atoms with Gasteiger partial charge in [0.15, 0.2) is 0 Å². The van der Waals surface area contributed by atoms with Crippen molar-refractivity contribution in [2.24, 2.45) is 0 Å². The first kappa shape index (κ1) is 15.2. The topological polar surface area (TPSA) is 37.3 Å². The van der Waals surface area contributed by atoms with E-state index >= 15 is 0 Å².